The summed E-state index contributed by atoms with van der Waals surface area (Å²) in [5.41, 5.74) is 4.85. The Morgan fingerprint density at radius 1 is 0.966 bits per heavy atom. The van der Waals surface area contributed by atoms with Crippen LogP contribution < -0.4 is 0 Å². The van der Waals surface area contributed by atoms with Gasteiger partial charge in [0.1, 0.15) is 6.10 Å². The van der Waals surface area contributed by atoms with Gasteiger partial charge in [0.15, 0.2) is 0 Å². The van der Waals surface area contributed by atoms with Gasteiger partial charge < -0.3 is 9.84 Å². The largest absolute Gasteiger partial charge is 0.481 e. The molecule has 0 aliphatic rings. The summed E-state index contributed by atoms with van der Waals surface area (Å²) in [7, 11) is 0. The first kappa shape index (κ1) is 26.4. The molecule has 4 heteroatoms. The molecule has 0 heterocycles. The summed E-state index contributed by atoms with van der Waals surface area (Å²) in [6.07, 6.45) is 3.20. The van der Waals surface area contributed by atoms with Gasteiger partial charge in [0.05, 0.1) is 0 Å². The first-order valence-electron chi connectivity index (χ1n) is 10.4. The highest BCUT2D eigenvalue weighted by atomic mass is 16.5. The molecular formula is C25H36O4. The van der Waals surface area contributed by atoms with Crippen molar-refractivity contribution in [3.8, 4) is 0 Å². The van der Waals surface area contributed by atoms with Crippen LogP contribution in [0.25, 0.3) is 0 Å². The second-order valence-corrected chi connectivity index (χ2v) is 6.52. The molecule has 0 aromatic heterocycles. The fraction of sp³-hybridized carbons (Fsp3) is 0.440. The molecule has 2 aromatic rings. The lowest BCUT2D eigenvalue weighted by atomic mass is 10.0. The summed E-state index contributed by atoms with van der Waals surface area (Å²) in [5, 5.41) is 8.59. The summed E-state index contributed by atoms with van der Waals surface area (Å²) in [4.78, 5) is 20.7. The highest BCUT2D eigenvalue weighted by Gasteiger charge is 2.07. The SMILES string of the molecule is CC.CCC(Cc1ccc(CCC(=O)O)cc1)OC=O.CCc1ccc(C)cc1. The lowest BCUT2D eigenvalue weighted by molar-refractivity contribution is -0.137. The third kappa shape index (κ3) is 12.5. The van der Waals surface area contributed by atoms with E-state index < -0.39 is 5.97 Å². The van der Waals surface area contributed by atoms with E-state index in [2.05, 4.69) is 38.1 Å². The Labute approximate surface area is 175 Å². The van der Waals surface area contributed by atoms with E-state index in [1.165, 1.54) is 11.1 Å². The summed E-state index contributed by atoms with van der Waals surface area (Å²) < 4.78 is 4.95. The van der Waals surface area contributed by atoms with Crippen LogP contribution in [0.5, 0.6) is 0 Å². The predicted octanol–water partition coefficient (Wildman–Crippen LogP) is 5.78. The van der Waals surface area contributed by atoms with Crippen LogP contribution in [-0.2, 0) is 33.6 Å². The predicted molar refractivity (Wildman–Crippen MR) is 119 cm³/mol. The minimum absolute atomic E-state index is 0.0904. The molecule has 160 valence electrons. The summed E-state index contributed by atoms with van der Waals surface area (Å²) >= 11 is 0. The van der Waals surface area contributed by atoms with E-state index in [9.17, 15) is 9.59 Å². The average Bonchev–Trinajstić information content (AvgIpc) is 2.75. The molecular weight excluding hydrogens is 364 g/mol. The van der Waals surface area contributed by atoms with Crippen LogP contribution in [0.15, 0.2) is 48.5 Å². The number of aliphatic carboxylic acids is 1. The Bertz CT molecular complexity index is 675. The van der Waals surface area contributed by atoms with Gasteiger partial charge in [-0.3, -0.25) is 9.59 Å². The van der Waals surface area contributed by atoms with Crippen molar-refractivity contribution in [3.63, 3.8) is 0 Å². The van der Waals surface area contributed by atoms with Crippen molar-refractivity contribution in [1.82, 2.24) is 0 Å². The lowest BCUT2D eigenvalue weighted by Crippen LogP contribution is -2.14. The smallest absolute Gasteiger partial charge is 0.303 e. The van der Waals surface area contributed by atoms with Crippen LogP contribution >= 0.6 is 0 Å². The van der Waals surface area contributed by atoms with Crippen LogP contribution in [0.4, 0.5) is 0 Å². The molecule has 1 unspecified atom stereocenters. The fourth-order valence-corrected chi connectivity index (χ4v) is 2.55. The minimum atomic E-state index is -0.787. The Morgan fingerprint density at radius 3 is 1.93 bits per heavy atom. The van der Waals surface area contributed by atoms with E-state index >= 15 is 0 Å². The Kier molecular flexibility index (Phi) is 14.9. The Balaban J connectivity index is 0.000000595. The number of carbonyl (C=O) groups excluding carboxylic acids is 1. The van der Waals surface area contributed by atoms with Gasteiger partial charge in [0.2, 0.25) is 0 Å². The normalized spacial score (nSPS) is 10.5. The summed E-state index contributed by atoms with van der Waals surface area (Å²) in [6.45, 7) is 10.7. The molecule has 29 heavy (non-hydrogen) atoms. The lowest BCUT2D eigenvalue weighted by Gasteiger charge is -2.12. The van der Waals surface area contributed by atoms with Crippen molar-refractivity contribution < 1.29 is 19.4 Å². The maximum atomic E-state index is 10.4. The van der Waals surface area contributed by atoms with Gasteiger partial charge in [-0.1, -0.05) is 81.8 Å². The van der Waals surface area contributed by atoms with Crippen LogP contribution in [-0.4, -0.2) is 23.7 Å². The Morgan fingerprint density at radius 2 is 1.48 bits per heavy atom. The van der Waals surface area contributed by atoms with Crippen LogP contribution in [0.3, 0.4) is 0 Å². The molecule has 1 N–H and O–H groups in total. The molecule has 0 aliphatic heterocycles. The van der Waals surface area contributed by atoms with Crippen molar-refractivity contribution in [3.05, 3.63) is 70.8 Å². The van der Waals surface area contributed by atoms with Crippen LogP contribution in [0, 0.1) is 6.92 Å². The quantitative estimate of drug-likeness (QED) is 0.542. The van der Waals surface area contributed by atoms with E-state index in [0.29, 0.717) is 19.3 Å². The van der Waals surface area contributed by atoms with Gasteiger partial charge in [-0.2, -0.15) is 0 Å². The number of hydrogen-bond acceptors (Lipinski definition) is 3. The molecule has 1 atom stereocenters. The average molecular weight is 401 g/mol. The van der Waals surface area contributed by atoms with Crippen LogP contribution in [0.2, 0.25) is 0 Å². The van der Waals surface area contributed by atoms with Gasteiger partial charge in [-0.15, -0.1) is 0 Å². The molecule has 0 bridgehead atoms. The van der Waals surface area contributed by atoms with E-state index in [1.54, 1.807) is 0 Å². The summed E-state index contributed by atoms with van der Waals surface area (Å²) in [5.74, 6) is -0.787. The topological polar surface area (TPSA) is 63.6 Å². The van der Waals surface area contributed by atoms with Gasteiger partial charge >= 0.3 is 5.97 Å². The number of carbonyl (C=O) groups is 2. The fourth-order valence-electron chi connectivity index (χ4n) is 2.55. The molecule has 0 radical (unpaired) electrons. The molecule has 0 saturated heterocycles. The van der Waals surface area contributed by atoms with Gasteiger partial charge in [0, 0.05) is 12.8 Å². The molecule has 0 aliphatic carbocycles. The van der Waals surface area contributed by atoms with E-state index in [1.807, 2.05) is 45.0 Å². The van der Waals surface area contributed by atoms with Crippen molar-refractivity contribution in [2.24, 2.45) is 0 Å². The molecule has 4 nitrogen and oxygen atoms in total. The van der Waals surface area contributed by atoms with E-state index in [0.717, 1.165) is 24.0 Å². The third-order valence-electron chi connectivity index (χ3n) is 4.35. The number of aryl methyl sites for hydroxylation is 3. The number of benzene rings is 2. The second-order valence-electron chi connectivity index (χ2n) is 6.52. The van der Waals surface area contributed by atoms with Gasteiger partial charge in [0.25, 0.3) is 6.47 Å². The Hall–Kier alpha value is -2.62. The van der Waals surface area contributed by atoms with Crippen LogP contribution in [0.1, 0.15) is 62.8 Å². The number of carboxylic acids is 1. The zero-order valence-electron chi connectivity index (χ0n) is 18.5. The monoisotopic (exact) mass is 400 g/mol. The number of rotatable bonds is 9. The maximum Gasteiger partial charge on any atom is 0.303 e. The molecule has 0 spiro atoms. The standard InChI is InChI=1S/C14H18O4.C9H12.C2H6/c1-2-13(18-10-15)9-12-5-3-11(4-6-12)7-8-14(16)17;1-3-9-6-4-8(2)5-7-9;1-2/h3-6,10,13H,2,7-9H2,1H3,(H,16,17);4-7H,3H2,1-2H3;1-2H3. The molecule has 0 saturated carbocycles. The maximum absolute atomic E-state index is 10.4. The van der Waals surface area contributed by atoms with Crippen molar-refractivity contribution in [2.45, 2.75) is 72.8 Å². The zero-order valence-corrected chi connectivity index (χ0v) is 18.5. The van der Waals surface area contributed by atoms with E-state index in [-0.39, 0.29) is 12.5 Å². The minimum Gasteiger partial charge on any atom is -0.481 e. The van der Waals surface area contributed by atoms with Crippen molar-refractivity contribution in [1.29, 1.82) is 0 Å². The van der Waals surface area contributed by atoms with Crippen molar-refractivity contribution in [2.75, 3.05) is 0 Å². The number of carboxylic acid groups (broad SMARTS) is 1. The third-order valence-corrected chi connectivity index (χ3v) is 4.35. The molecule has 2 aromatic carbocycles. The molecule has 0 amide bonds. The molecule has 2 rings (SSSR count). The van der Waals surface area contributed by atoms with Gasteiger partial charge in [-0.25, -0.2) is 0 Å². The highest BCUT2D eigenvalue weighted by Crippen LogP contribution is 2.11. The molecule has 0 fully saturated rings. The highest BCUT2D eigenvalue weighted by molar-refractivity contribution is 5.67. The van der Waals surface area contributed by atoms with E-state index in [4.69, 9.17) is 9.84 Å². The zero-order chi connectivity index (χ0) is 22.1. The summed E-state index contributed by atoms with van der Waals surface area (Å²) in [6, 6.07) is 16.4. The van der Waals surface area contributed by atoms with Crippen molar-refractivity contribution >= 4 is 12.4 Å². The first-order chi connectivity index (χ1) is 14.0. The van der Waals surface area contributed by atoms with Gasteiger partial charge in [-0.05, 0) is 42.9 Å². The first-order valence-corrected chi connectivity index (χ1v) is 10.4. The number of hydrogen-bond donors (Lipinski definition) is 1. The second kappa shape index (κ2) is 16.3. The number of ether oxygens (including phenoxy) is 1.